The van der Waals surface area contributed by atoms with E-state index in [0.717, 1.165) is 6.26 Å². The summed E-state index contributed by atoms with van der Waals surface area (Å²) >= 11 is 6.41. The van der Waals surface area contributed by atoms with E-state index in [1.807, 2.05) is 10.8 Å². The van der Waals surface area contributed by atoms with Gasteiger partial charge in [0.1, 0.15) is 17.3 Å². The SMILES string of the molecule is COC[C@H]1Cn2cc(-c3cc(N=C(N)/C=C\O)ncc3Cl)cc2C(=O)N1Cc1cc(F)ccc1CO. The third-order valence-electron chi connectivity index (χ3n) is 5.90. The number of pyridine rings is 1. The number of rotatable bonds is 8. The zero-order valence-electron chi connectivity index (χ0n) is 19.4. The van der Waals surface area contributed by atoms with Gasteiger partial charge < -0.3 is 30.2 Å². The summed E-state index contributed by atoms with van der Waals surface area (Å²) in [5.41, 5.74) is 8.51. The minimum atomic E-state index is -0.443. The summed E-state index contributed by atoms with van der Waals surface area (Å²) in [6.45, 7) is 0.570. The summed E-state index contributed by atoms with van der Waals surface area (Å²) in [5.74, 6) is -0.366. The summed E-state index contributed by atoms with van der Waals surface area (Å²) in [6.07, 6.45) is 5.25. The molecule has 4 N–H and O–H groups in total. The van der Waals surface area contributed by atoms with E-state index in [1.165, 1.54) is 30.5 Å². The van der Waals surface area contributed by atoms with Crippen molar-refractivity contribution in [1.29, 1.82) is 0 Å². The number of hydrogen-bond acceptors (Lipinski definition) is 6. The number of hydrogen-bond donors (Lipinski definition) is 3. The Balaban J connectivity index is 1.70. The molecule has 4 rings (SSSR count). The molecule has 2 aromatic heterocycles. The predicted octanol–water partition coefficient (Wildman–Crippen LogP) is 3.57. The van der Waals surface area contributed by atoms with Crippen LogP contribution < -0.4 is 5.73 Å². The Kier molecular flexibility index (Phi) is 7.68. The van der Waals surface area contributed by atoms with Crippen LogP contribution in [0.5, 0.6) is 0 Å². The van der Waals surface area contributed by atoms with Crippen LogP contribution in [-0.2, 0) is 24.4 Å². The zero-order chi connectivity index (χ0) is 25.8. The van der Waals surface area contributed by atoms with Crippen LogP contribution in [0.4, 0.5) is 10.2 Å². The highest BCUT2D eigenvalue weighted by Crippen LogP contribution is 2.34. The lowest BCUT2D eigenvalue weighted by molar-refractivity contribution is 0.0386. The normalized spacial score (nSPS) is 16.1. The van der Waals surface area contributed by atoms with Crippen LogP contribution in [0.15, 0.2) is 60.1 Å². The number of methoxy groups -OCH3 is 1. The van der Waals surface area contributed by atoms with Crippen molar-refractivity contribution in [2.75, 3.05) is 13.7 Å². The molecule has 0 saturated heterocycles. The van der Waals surface area contributed by atoms with E-state index in [4.69, 9.17) is 27.2 Å². The van der Waals surface area contributed by atoms with Gasteiger partial charge in [0, 0.05) is 49.8 Å². The summed E-state index contributed by atoms with van der Waals surface area (Å²) in [7, 11) is 1.55. The standard InChI is InChI=1S/C25H25ClFN5O4/c1-36-14-19-12-31-10-17(20-8-24(29-9-21(20)26)30-23(28)4-5-33)7-22(31)25(35)32(19)11-16-6-18(27)3-2-15(16)13-34/h2-10,19,33-34H,11-14H2,1H3,(H2,28,29,30)/b5-4-/t19-/m1/s1. The van der Waals surface area contributed by atoms with E-state index >= 15 is 0 Å². The van der Waals surface area contributed by atoms with Crippen LogP contribution in [0.25, 0.3) is 11.1 Å². The fourth-order valence-electron chi connectivity index (χ4n) is 4.20. The van der Waals surface area contributed by atoms with Crippen molar-refractivity contribution < 1.29 is 24.1 Å². The summed E-state index contributed by atoms with van der Waals surface area (Å²) in [6, 6.07) is 7.17. The Morgan fingerprint density at radius 1 is 1.36 bits per heavy atom. The lowest BCUT2D eigenvalue weighted by Gasteiger charge is -2.36. The summed E-state index contributed by atoms with van der Waals surface area (Å²) in [4.78, 5) is 23.5. The first-order valence-electron chi connectivity index (χ1n) is 11.0. The molecule has 0 bridgehead atoms. The maximum atomic E-state index is 13.9. The van der Waals surface area contributed by atoms with Crippen LogP contribution in [0.2, 0.25) is 5.02 Å². The molecule has 1 aliphatic rings. The molecule has 0 unspecified atom stereocenters. The summed E-state index contributed by atoms with van der Waals surface area (Å²) < 4.78 is 21.1. The minimum Gasteiger partial charge on any atom is -0.515 e. The van der Waals surface area contributed by atoms with Crippen LogP contribution in [0, 0.1) is 5.82 Å². The van der Waals surface area contributed by atoms with Gasteiger partial charge in [-0.25, -0.2) is 14.4 Å². The topological polar surface area (TPSA) is 126 Å². The van der Waals surface area contributed by atoms with Gasteiger partial charge in [0.25, 0.3) is 5.91 Å². The van der Waals surface area contributed by atoms with Crippen molar-refractivity contribution in [3.63, 3.8) is 0 Å². The molecule has 11 heteroatoms. The first-order chi connectivity index (χ1) is 17.3. The van der Waals surface area contributed by atoms with Crippen LogP contribution in [0.3, 0.4) is 0 Å². The van der Waals surface area contributed by atoms with Gasteiger partial charge in [0.05, 0.1) is 30.5 Å². The molecular formula is C25H25ClFN5O4. The summed E-state index contributed by atoms with van der Waals surface area (Å²) in [5, 5.41) is 18.9. The minimum absolute atomic E-state index is 0.0577. The molecule has 0 saturated carbocycles. The lowest BCUT2D eigenvalue weighted by atomic mass is 10.0. The fourth-order valence-corrected chi connectivity index (χ4v) is 4.41. The van der Waals surface area contributed by atoms with Crippen LogP contribution in [-0.4, -0.2) is 56.2 Å². The van der Waals surface area contributed by atoms with Crippen molar-refractivity contribution in [3.05, 3.63) is 82.7 Å². The van der Waals surface area contributed by atoms with Crippen molar-refractivity contribution in [2.24, 2.45) is 10.7 Å². The number of nitrogens with zero attached hydrogens (tertiary/aromatic N) is 4. The number of amides is 1. The van der Waals surface area contributed by atoms with Gasteiger partial charge in [-0.2, -0.15) is 0 Å². The Labute approximate surface area is 211 Å². The smallest absolute Gasteiger partial charge is 0.271 e. The van der Waals surface area contributed by atoms with Crippen molar-refractivity contribution in [3.8, 4) is 11.1 Å². The third kappa shape index (κ3) is 5.25. The van der Waals surface area contributed by atoms with Crippen molar-refractivity contribution in [1.82, 2.24) is 14.5 Å². The van der Waals surface area contributed by atoms with E-state index in [0.29, 0.717) is 39.5 Å². The second kappa shape index (κ2) is 10.9. The number of nitrogens with two attached hydrogens (primary N) is 1. The number of aromatic nitrogens is 2. The molecule has 1 aliphatic heterocycles. The highest BCUT2D eigenvalue weighted by molar-refractivity contribution is 6.33. The molecule has 1 aromatic carbocycles. The van der Waals surface area contributed by atoms with E-state index < -0.39 is 5.82 Å². The van der Waals surface area contributed by atoms with E-state index in [-0.39, 0.29) is 43.4 Å². The van der Waals surface area contributed by atoms with E-state index in [9.17, 15) is 14.3 Å². The maximum absolute atomic E-state index is 13.9. The number of ether oxygens (including phenoxy) is 1. The fraction of sp³-hybridized carbons (Fsp3) is 0.240. The van der Waals surface area contributed by atoms with Crippen molar-refractivity contribution in [2.45, 2.75) is 25.7 Å². The Morgan fingerprint density at radius 2 is 2.17 bits per heavy atom. The molecule has 0 spiro atoms. The lowest BCUT2D eigenvalue weighted by Crippen LogP contribution is -2.49. The van der Waals surface area contributed by atoms with Gasteiger partial charge in [0.15, 0.2) is 5.82 Å². The number of carbonyl (C=O) groups excluding carboxylic acids is 1. The molecule has 0 radical (unpaired) electrons. The van der Waals surface area contributed by atoms with Gasteiger partial charge >= 0.3 is 0 Å². The number of halogens is 2. The van der Waals surface area contributed by atoms with Crippen LogP contribution in [0.1, 0.15) is 21.6 Å². The molecule has 0 aliphatic carbocycles. The number of aliphatic imine (C=N–C) groups is 1. The Morgan fingerprint density at radius 3 is 2.89 bits per heavy atom. The molecule has 0 fully saturated rings. The molecule has 1 atom stereocenters. The number of benzene rings is 1. The number of amidine groups is 1. The molecule has 1 amide bonds. The Bertz CT molecular complexity index is 1340. The van der Waals surface area contributed by atoms with Gasteiger partial charge in [-0.05, 0) is 35.4 Å². The second-order valence-electron chi connectivity index (χ2n) is 8.25. The van der Waals surface area contributed by atoms with E-state index in [1.54, 1.807) is 24.1 Å². The third-order valence-corrected chi connectivity index (χ3v) is 6.21. The molecule has 188 valence electrons. The van der Waals surface area contributed by atoms with Crippen molar-refractivity contribution >= 4 is 29.2 Å². The van der Waals surface area contributed by atoms with Gasteiger partial charge in [-0.15, -0.1) is 0 Å². The number of fused-ring (bicyclic) bond motifs is 1. The van der Waals surface area contributed by atoms with E-state index in [2.05, 4.69) is 9.98 Å². The maximum Gasteiger partial charge on any atom is 0.271 e. The highest BCUT2D eigenvalue weighted by Gasteiger charge is 2.33. The molecule has 3 heterocycles. The number of aliphatic hydroxyl groups excluding tert-OH is 2. The predicted molar refractivity (Wildman–Crippen MR) is 134 cm³/mol. The first-order valence-corrected chi connectivity index (χ1v) is 11.4. The van der Waals surface area contributed by atoms with Gasteiger partial charge in [-0.1, -0.05) is 17.7 Å². The molecular weight excluding hydrogens is 489 g/mol. The average molecular weight is 514 g/mol. The second-order valence-corrected chi connectivity index (χ2v) is 8.66. The zero-order valence-corrected chi connectivity index (χ0v) is 20.2. The van der Waals surface area contributed by atoms with Gasteiger partial charge in [0.2, 0.25) is 0 Å². The molecule has 36 heavy (non-hydrogen) atoms. The van der Waals surface area contributed by atoms with Gasteiger partial charge in [-0.3, -0.25) is 4.79 Å². The largest absolute Gasteiger partial charge is 0.515 e. The van der Waals surface area contributed by atoms with Crippen LogP contribution >= 0.6 is 11.6 Å². The molecule has 3 aromatic rings. The number of aliphatic hydroxyl groups is 2. The monoisotopic (exact) mass is 513 g/mol. The Hall–Kier alpha value is -3.73. The highest BCUT2D eigenvalue weighted by atomic mass is 35.5. The quantitative estimate of drug-likeness (QED) is 0.240. The molecule has 9 nitrogen and oxygen atoms in total. The average Bonchev–Trinajstić information content (AvgIpc) is 3.27. The number of carbonyl (C=O) groups is 1. The first kappa shape index (κ1) is 25.4.